The average molecular weight is 337 g/mol. The van der Waals surface area contributed by atoms with E-state index < -0.39 is 16.1 Å². The standard InChI is InChI=1S/C16H23N3O3S/c17-16(20)19-8-7-12(11-19)10-18-23(21,22)15-6-5-13-3-1-2-4-14(13)9-15/h5-6,9,12,18H,1-4,7-8,10-11H2,(H2,17,20). The van der Waals surface area contributed by atoms with Crippen molar-refractivity contribution in [3.8, 4) is 0 Å². The van der Waals surface area contributed by atoms with Crippen molar-refractivity contribution in [2.75, 3.05) is 19.6 Å². The topological polar surface area (TPSA) is 92.5 Å². The number of benzene rings is 1. The van der Waals surface area contributed by atoms with Crippen LogP contribution in [-0.2, 0) is 22.9 Å². The van der Waals surface area contributed by atoms with Crippen molar-refractivity contribution < 1.29 is 13.2 Å². The number of rotatable bonds is 4. The van der Waals surface area contributed by atoms with Crippen molar-refractivity contribution >= 4 is 16.1 Å². The molecule has 0 spiro atoms. The van der Waals surface area contributed by atoms with Crippen LogP contribution in [0.25, 0.3) is 0 Å². The van der Waals surface area contributed by atoms with E-state index in [9.17, 15) is 13.2 Å². The van der Waals surface area contributed by atoms with E-state index in [0.717, 1.165) is 31.2 Å². The van der Waals surface area contributed by atoms with Gasteiger partial charge in [-0.15, -0.1) is 0 Å². The number of aryl methyl sites for hydroxylation is 2. The Morgan fingerprint density at radius 1 is 1.26 bits per heavy atom. The van der Waals surface area contributed by atoms with E-state index in [2.05, 4.69) is 4.72 Å². The van der Waals surface area contributed by atoms with Gasteiger partial charge in [-0.3, -0.25) is 0 Å². The number of fused-ring (bicyclic) bond motifs is 1. The second kappa shape index (κ2) is 6.49. The Morgan fingerprint density at radius 3 is 2.70 bits per heavy atom. The summed E-state index contributed by atoms with van der Waals surface area (Å²) in [6.45, 7) is 1.45. The lowest BCUT2D eigenvalue weighted by Crippen LogP contribution is -2.35. The second-order valence-corrected chi connectivity index (χ2v) is 8.20. The third-order valence-corrected chi connectivity index (χ3v) is 6.21. The summed E-state index contributed by atoms with van der Waals surface area (Å²) in [6.07, 6.45) is 5.06. The van der Waals surface area contributed by atoms with Gasteiger partial charge in [-0.2, -0.15) is 0 Å². The highest BCUT2D eigenvalue weighted by Gasteiger charge is 2.26. The average Bonchev–Trinajstić information content (AvgIpc) is 3.02. The van der Waals surface area contributed by atoms with Crippen molar-refractivity contribution in [3.05, 3.63) is 29.3 Å². The maximum atomic E-state index is 12.5. The van der Waals surface area contributed by atoms with Crippen LogP contribution in [0.15, 0.2) is 23.1 Å². The Morgan fingerprint density at radius 2 is 2.00 bits per heavy atom. The van der Waals surface area contributed by atoms with Gasteiger partial charge in [0, 0.05) is 19.6 Å². The van der Waals surface area contributed by atoms with Gasteiger partial charge < -0.3 is 10.6 Å². The van der Waals surface area contributed by atoms with Crippen LogP contribution < -0.4 is 10.5 Å². The highest BCUT2D eigenvalue weighted by atomic mass is 32.2. The zero-order valence-corrected chi connectivity index (χ0v) is 13.9. The third kappa shape index (κ3) is 3.67. The number of amides is 2. The fourth-order valence-corrected chi connectivity index (χ4v) is 4.55. The lowest BCUT2D eigenvalue weighted by Gasteiger charge is -2.17. The van der Waals surface area contributed by atoms with Gasteiger partial charge in [0.2, 0.25) is 10.0 Å². The number of sulfonamides is 1. The predicted octanol–water partition coefficient (Wildman–Crippen LogP) is 1.24. The van der Waals surface area contributed by atoms with Gasteiger partial charge in [0.25, 0.3) is 0 Å². The zero-order valence-electron chi connectivity index (χ0n) is 13.1. The summed E-state index contributed by atoms with van der Waals surface area (Å²) in [5.74, 6) is 0.120. The molecule has 2 amide bonds. The molecule has 0 radical (unpaired) electrons. The number of carbonyl (C=O) groups excluding carboxylic acids is 1. The molecule has 0 aromatic heterocycles. The molecule has 1 fully saturated rings. The maximum absolute atomic E-state index is 12.5. The fraction of sp³-hybridized carbons (Fsp3) is 0.562. The molecule has 1 heterocycles. The largest absolute Gasteiger partial charge is 0.351 e. The monoisotopic (exact) mass is 337 g/mol. The Bertz CT molecular complexity index is 703. The molecule has 2 aliphatic rings. The first-order valence-corrected chi connectivity index (χ1v) is 9.60. The third-order valence-electron chi connectivity index (χ3n) is 4.79. The van der Waals surface area contributed by atoms with Crippen molar-refractivity contribution in [2.24, 2.45) is 11.7 Å². The van der Waals surface area contributed by atoms with E-state index in [0.29, 0.717) is 24.5 Å². The van der Waals surface area contributed by atoms with E-state index in [1.54, 1.807) is 17.0 Å². The molecule has 1 aromatic carbocycles. The van der Waals surface area contributed by atoms with Gasteiger partial charge in [0.1, 0.15) is 0 Å². The van der Waals surface area contributed by atoms with Crippen LogP contribution in [0, 0.1) is 5.92 Å². The van der Waals surface area contributed by atoms with Crippen LogP contribution >= 0.6 is 0 Å². The first kappa shape index (κ1) is 16.3. The molecule has 1 aliphatic heterocycles. The quantitative estimate of drug-likeness (QED) is 0.866. The number of urea groups is 1. The van der Waals surface area contributed by atoms with Crippen molar-refractivity contribution in [2.45, 2.75) is 37.0 Å². The molecule has 1 aromatic rings. The molecule has 1 saturated heterocycles. The second-order valence-electron chi connectivity index (χ2n) is 6.43. The fourth-order valence-electron chi connectivity index (χ4n) is 3.39. The summed E-state index contributed by atoms with van der Waals surface area (Å²) in [6, 6.07) is 5.00. The van der Waals surface area contributed by atoms with E-state index in [1.165, 1.54) is 12.0 Å². The number of nitrogens with zero attached hydrogens (tertiary/aromatic N) is 1. The highest BCUT2D eigenvalue weighted by molar-refractivity contribution is 7.89. The van der Waals surface area contributed by atoms with Crippen molar-refractivity contribution in [1.29, 1.82) is 0 Å². The number of hydrogen-bond donors (Lipinski definition) is 2. The van der Waals surface area contributed by atoms with Gasteiger partial charge >= 0.3 is 6.03 Å². The molecule has 7 heteroatoms. The summed E-state index contributed by atoms with van der Waals surface area (Å²) in [5, 5.41) is 0. The van der Waals surface area contributed by atoms with Gasteiger partial charge in [0.15, 0.2) is 0 Å². The molecule has 0 bridgehead atoms. The van der Waals surface area contributed by atoms with Gasteiger partial charge in [-0.1, -0.05) is 6.07 Å². The summed E-state index contributed by atoms with van der Waals surface area (Å²) in [7, 11) is -3.50. The molecule has 126 valence electrons. The summed E-state index contributed by atoms with van der Waals surface area (Å²) >= 11 is 0. The number of likely N-dealkylation sites (tertiary alicyclic amines) is 1. The Hall–Kier alpha value is -1.60. The molecule has 1 unspecified atom stereocenters. The highest BCUT2D eigenvalue weighted by Crippen LogP contribution is 2.24. The number of nitrogens with one attached hydrogen (secondary N) is 1. The van der Waals surface area contributed by atoms with Crippen molar-refractivity contribution in [3.63, 3.8) is 0 Å². The normalized spacial score (nSPS) is 21.2. The predicted molar refractivity (Wildman–Crippen MR) is 87.5 cm³/mol. The van der Waals surface area contributed by atoms with Gasteiger partial charge in [-0.25, -0.2) is 17.9 Å². The van der Waals surface area contributed by atoms with Crippen LogP contribution in [-0.4, -0.2) is 39.0 Å². The first-order valence-electron chi connectivity index (χ1n) is 8.11. The number of carbonyl (C=O) groups is 1. The Kier molecular flexibility index (Phi) is 4.59. The van der Waals surface area contributed by atoms with E-state index in [4.69, 9.17) is 5.73 Å². The molecular weight excluding hydrogens is 314 g/mol. The number of primary amides is 1. The van der Waals surface area contributed by atoms with E-state index >= 15 is 0 Å². The first-order chi connectivity index (χ1) is 11.0. The number of nitrogens with two attached hydrogens (primary N) is 1. The lowest BCUT2D eigenvalue weighted by molar-refractivity contribution is 0.217. The molecule has 0 saturated carbocycles. The molecule has 23 heavy (non-hydrogen) atoms. The van der Waals surface area contributed by atoms with Crippen LogP contribution in [0.5, 0.6) is 0 Å². The molecule has 3 rings (SSSR count). The van der Waals surface area contributed by atoms with E-state index in [1.807, 2.05) is 6.07 Å². The molecule has 1 atom stereocenters. The minimum Gasteiger partial charge on any atom is -0.351 e. The summed E-state index contributed by atoms with van der Waals surface area (Å²) < 4.78 is 27.6. The van der Waals surface area contributed by atoms with Crippen LogP contribution in [0.2, 0.25) is 0 Å². The zero-order chi connectivity index (χ0) is 16.4. The smallest absolute Gasteiger partial charge is 0.314 e. The van der Waals surface area contributed by atoms with Gasteiger partial charge in [0.05, 0.1) is 4.90 Å². The molecule has 6 nitrogen and oxygen atoms in total. The Balaban J connectivity index is 1.64. The minimum atomic E-state index is -3.50. The minimum absolute atomic E-state index is 0.120. The number of hydrogen-bond acceptors (Lipinski definition) is 3. The molecule has 3 N–H and O–H groups in total. The maximum Gasteiger partial charge on any atom is 0.314 e. The molecular formula is C16H23N3O3S. The lowest BCUT2D eigenvalue weighted by atomic mass is 9.92. The van der Waals surface area contributed by atoms with Gasteiger partial charge in [-0.05, 0) is 61.3 Å². The van der Waals surface area contributed by atoms with E-state index in [-0.39, 0.29) is 5.92 Å². The molecule has 1 aliphatic carbocycles. The van der Waals surface area contributed by atoms with Crippen LogP contribution in [0.1, 0.15) is 30.4 Å². The Labute approximate surface area is 137 Å². The SMILES string of the molecule is NC(=O)N1CCC(CNS(=O)(=O)c2ccc3c(c2)CCCC3)C1. The summed E-state index contributed by atoms with van der Waals surface area (Å²) in [4.78, 5) is 13.0. The van der Waals surface area contributed by atoms with Crippen LogP contribution in [0.3, 0.4) is 0 Å². The van der Waals surface area contributed by atoms with Crippen LogP contribution in [0.4, 0.5) is 4.79 Å². The summed E-state index contributed by atoms with van der Waals surface area (Å²) in [5.41, 5.74) is 7.67. The van der Waals surface area contributed by atoms with Crippen molar-refractivity contribution in [1.82, 2.24) is 9.62 Å².